The number of piperazine rings is 1. The molecule has 1 saturated heterocycles. The lowest BCUT2D eigenvalue weighted by Gasteiger charge is -2.31. The number of carbonyl (C=O) groups is 2. The Labute approximate surface area is 115 Å². The topological polar surface area (TPSA) is 91.6 Å². The Morgan fingerprint density at radius 2 is 2.26 bits per heavy atom. The predicted molar refractivity (Wildman–Crippen MR) is 70.6 cm³/mol. The van der Waals surface area contributed by atoms with Gasteiger partial charge in [0.15, 0.2) is 5.82 Å². The van der Waals surface area contributed by atoms with E-state index in [0.717, 1.165) is 0 Å². The molecule has 1 aliphatic heterocycles. The molecule has 7 nitrogen and oxygen atoms in total. The van der Waals surface area contributed by atoms with Gasteiger partial charge in [0, 0.05) is 26.3 Å². The number of nitrogens with zero attached hydrogens (tertiary/aromatic N) is 3. The van der Waals surface area contributed by atoms with E-state index in [-0.39, 0.29) is 23.4 Å². The summed E-state index contributed by atoms with van der Waals surface area (Å²) in [5, 5.41) is 0.258. The summed E-state index contributed by atoms with van der Waals surface area (Å²) in [4.78, 5) is 30.8. The summed E-state index contributed by atoms with van der Waals surface area (Å²) in [6, 6.07) is 1.48. The average Bonchev–Trinajstić information content (AvgIpc) is 2.41. The minimum Gasteiger partial charge on any atom is -0.342 e. The molecule has 1 aromatic rings. The van der Waals surface area contributed by atoms with Crippen LogP contribution in [0.3, 0.4) is 0 Å². The van der Waals surface area contributed by atoms with Crippen molar-refractivity contribution in [3.05, 3.63) is 22.8 Å². The molecular formula is C11H14ClN5O2. The van der Waals surface area contributed by atoms with Gasteiger partial charge in [-0.05, 0) is 6.07 Å². The minimum atomic E-state index is -0.264. The molecule has 1 aromatic heterocycles. The predicted octanol–water partition coefficient (Wildman–Crippen LogP) is -0.0652. The van der Waals surface area contributed by atoms with Crippen molar-refractivity contribution in [2.45, 2.75) is 0 Å². The van der Waals surface area contributed by atoms with Crippen LogP contribution in [0.2, 0.25) is 5.02 Å². The fourth-order valence-electron chi connectivity index (χ4n) is 1.78. The van der Waals surface area contributed by atoms with Gasteiger partial charge < -0.3 is 15.2 Å². The number of pyridine rings is 1. The molecule has 0 spiro atoms. The number of halogens is 1. The van der Waals surface area contributed by atoms with Crippen molar-refractivity contribution in [3.8, 4) is 0 Å². The normalized spacial score (nSPS) is 15.6. The van der Waals surface area contributed by atoms with E-state index in [2.05, 4.69) is 10.4 Å². The van der Waals surface area contributed by atoms with E-state index in [4.69, 9.17) is 17.4 Å². The fraction of sp³-hybridized carbons (Fsp3) is 0.364. The van der Waals surface area contributed by atoms with Crippen molar-refractivity contribution in [2.24, 2.45) is 5.84 Å². The van der Waals surface area contributed by atoms with Gasteiger partial charge in [0.2, 0.25) is 5.91 Å². The molecule has 1 fully saturated rings. The van der Waals surface area contributed by atoms with Gasteiger partial charge in [-0.3, -0.25) is 9.59 Å². The maximum atomic E-state index is 12.2. The Morgan fingerprint density at radius 3 is 2.84 bits per heavy atom. The van der Waals surface area contributed by atoms with Gasteiger partial charge in [-0.15, -0.1) is 0 Å². The number of rotatable bonds is 2. The van der Waals surface area contributed by atoms with Crippen LogP contribution in [0, 0.1) is 0 Å². The van der Waals surface area contributed by atoms with E-state index in [1.165, 1.54) is 17.2 Å². The number of hydrogen-bond donors (Lipinski definition) is 2. The number of hydrogen-bond acceptors (Lipinski definition) is 5. The van der Waals surface area contributed by atoms with Crippen LogP contribution in [-0.2, 0) is 4.79 Å². The Balaban J connectivity index is 2.16. The van der Waals surface area contributed by atoms with Crippen molar-refractivity contribution in [1.82, 2.24) is 14.8 Å². The zero-order chi connectivity index (χ0) is 14.0. The first-order valence-electron chi connectivity index (χ1n) is 5.68. The first kappa shape index (κ1) is 13.6. The Morgan fingerprint density at radius 1 is 1.53 bits per heavy atom. The lowest BCUT2D eigenvalue weighted by Crippen LogP contribution is -2.50. The summed E-state index contributed by atoms with van der Waals surface area (Å²) in [5.41, 5.74) is 2.66. The number of carbonyl (C=O) groups excluding carboxylic acids is 2. The van der Waals surface area contributed by atoms with E-state index in [9.17, 15) is 9.59 Å². The van der Waals surface area contributed by atoms with Crippen molar-refractivity contribution < 1.29 is 9.59 Å². The van der Waals surface area contributed by atoms with Crippen molar-refractivity contribution in [3.63, 3.8) is 0 Å². The van der Waals surface area contributed by atoms with Crippen molar-refractivity contribution in [1.29, 1.82) is 0 Å². The SMILES string of the molecule is CN1CCN(C(=O)c2cnc(NN)c(Cl)c2)CC1=O. The molecule has 3 N–H and O–H groups in total. The van der Waals surface area contributed by atoms with Gasteiger partial charge in [-0.25, -0.2) is 10.8 Å². The summed E-state index contributed by atoms with van der Waals surface area (Å²) in [6.45, 7) is 1.09. The largest absolute Gasteiger partial charge is 0.342 e. The van der Waals surface area contributed by atoms with Crippen LogP contribution in [-0.4, -0.2) is 53.3 Å². The van der Waals surface area contributed by atoms with Crippen LogP contribution in [0.5, 0.6) is 0 Å². The second-order valence-corrected chi connectivity index (χ2v) is 4.65. The molecule has 2 heterocycles. The summed E-state index contributed by atoms with van der Waals surface area (Å²) < 4.78 is 0. The summed E-state index contributed by atoms with van der Waals surface area (Å²) in [7, 11) is 1.71. The third-order valence-electron chi connectivity index (χ3n) is 2.97. The number of nitrogens with two attached hydrogens (primary N) is 1. The van der Waals surface area contributed by atoms with E-state index < -0.39 is 0 Å². The van der Waals surface area contributed by atoms with Crippen LogP contribution in [0.4, 0.5) is 5.82 Å². The second kappa shape index (κ2) is 5.41. The van der Waals surface area contributed by atoms with E-state index in [0.29, 0.717) is 24.5 Å². The molecule has 8 heteroatoms. The van der Waals surface area contributed by atoms with Gasteiger partial charge >= 0.3 is 0 Å². The zero-order valence-electron chi connectivity index (χ0n) is 10.4. The molecule has 102 valence electrons. The zero-order valence-corrected chi connectivity index (χ0v) is 11.1. The fourth-order valence-corrected chi connectivity index (χ4v) is 2.00. The molecule has 0 aliphatic carbocycles. The molecule has 0 unspecified atom stereocenters. The van der Waals surface area contributed by atoms with Gasteiger partial charge in [-0.1, -0.05) is 11.6 Å². The lowest BCUT2D eigenvalue weighted by molar-refractivity contribution is -0.133. The van der Waals surface area contributed by atoms with E-state index >= 15 is 0 Å². The summed E-state index contributed by atoms with van der Waals surface area (Å²) in [6.07, 6.45) is 1.38. The van der Waals surface area contributed by atoms with Crippen LogP contribution < -0.4 is 11.3 Å². The standard InChI is InChI=1S/C11H14ClN5O2/c1-16-2-3-17(6-9(16)18)11(19)7-4-8(12)10(15-13)14-5-7/h4-5H,2-3,6,13H2,1H3,(H,14,15). The molecular weight excluding hydrogens is 270 g/mol. The molecule has 0 bridgehead atoms. The highest BCUT2D eigenvalue weighted by molar-refractivity contribution is 6.33. The quantitative estimate of drug-likeness (QED) is 0.586. The summed E-state index contributed by atoms with van der Waals surface area (Å²) in [5.74, 6) is 5.16. The Hall–Kier alpha value is -1.86. The van der Waals surface area contributed by atoms with Crippen molar-refractivity contribution in [2.75, 3.05) is 32.1 Å². The third-order valence-corrected chi connectivity index (χ3v) is 3.26. The van der Waals surface area contributed by atoms with Gasteiger partial charge in [-0.2, -0.15) is 0 Å². The molecule has 1 aliphatic rings. The van der Waals surface area contributed by atoms with E-state index in [1.807, 2.05) is 0 Å². The van der Waals surface area contributed by atoms with Crippen molar-refractivity contribution >= 4 is 29.2 Å². The highest BCUT2D eigenvalue weighted by Crippen LogP contribution is 2.20. The number of hydrazine groups is 1. The number of likely N-dealkylation sites (N-methyl/N-ethyl adjacent to an activating group) is 1. The van der Waals surface area contributed by atoms with Crippen LogP contribution >= 0.6 is 11.6 Å². The Bertz CT molecular complexity index is 522. The number of nitrogens with one attached hydrogen (secondary N) is 1. The number of anilines is 1. The molecule has 19 heavy (non-hydrogen) atoms. The van der Waals surface area contributed by atoms with E-state index in [1.54, 1.807) is 11.9 Å². The molecule has 0 aromatic carbocycles. The van der Waals surface area contributed by atoms with Gasteiger partial charge in [0.25, 0.3) is 5.91 Å². The first-order valence-corrected chi connectivity index (χ1v) is 6.06. The maximum absolute atomic E-state index is 12.2. The lowest BCUT2D eigenvalue weighted by atomic mass is 10.2. The summed E-state index contributed by atoms with van der Waals surface area (Å²) >= 11 is 5.91. The smallest absolute Gasteiger partial charge is 0.256 e. The number of amides is 2. The average molecular weight is 284 g/mol. The monoisotopic (exact) mass is 283 g/mol. The minimum absolute atomic E-state index is 0.0733. The van der Waals surface area contributed by atoms with Gasteiger partial charge in [0.1, 0.15) is 6.54 Å². The second-order valence-electron chi connectivity index (χ2n) is 4.24. The number of aromatic nitrogens is 1. The van der Waals surface area contributed by atoms with Crippen LogP contribution in [0.15, 0.2) is 12.3 Å². The highest BCUT2D eigenvalue weighted by atomic mass is 35.5. The maximum Gasteiger partial charge on any atom is 0.256 e. The molecule has 0 atom stereocenters. The molecule has 2 rings (SSSR count). The van der Waals surface area contributed by atoms with Crippen LogP contribution in [0.25, 0.3) is 0 Å². The highest BCUT2D eigenvalue weighted by Gasteiger charge is 2.26. The first-order chi connectivity index (χ1) is 9.02. The third kappa shape index (κ3) is 2.77. The van der Waals surface area contributed by atoms with Crippen LogP contribution in [0.1, 0.15) is 10.4 Å². The number of nitrogen functional groups attached to an aromatic ring is 1. The Kier molecular flexibility index (Phi) is 3.87. The molecule has 0 saturated carbocycles. The van der Waals surface area contributed by atoms with Gasteiger partial charge in [0.05, 0.1) is 10.6 Å². The molecule has 2 amide bonds. The molecule has 0 radical (unpaired) electrons.